The van der Waals surface area contributed by atoms with E-state index in [2.05, 4.69) is 21.0 Å². The monoisotopic (exact) mass is 298 g/mol. The summed E-state index contributed by atoms with van der Waals surface area (Å²) in [7, 11) is 0. The summed E-state index contributed by atoms with van der Waals surface area (Å²) in [5.74, 6) is 0.414. The number of nitrogens with zero attached hydrogens (tertiary/aromatic N) is 3. The van der Waals surface area contributed by atoms with E-state index in [4.69, 9.17) is 5.73 Å². The number of anilines is 1. The van der Waals surface area contributed by atoms with Crippen molar-refractivity contribution in [3.05, 3.63) is 73.2 Å². The van der Waals surface area contributed by atoms with Crippen molar-refractivity contribution in [2.75, 3.05) is 5.73 Å². The first-order chi connectivity index (χ1) is 11.3. The fourth-order valence-corrected chi connectivity index (χ4v) is 2.64. The number of rotatable bonds is 2. The predicted octanol–water partition coefficient (Wildman–Crippen LogP) is 3.94. The molecule has 0 saturated heterocycles. The maximum atomic E-state index is 5.85. The van der Waals surface area contributed by atoms with Crippen LogP contribution in [0.2, 0.25) is 0 Å². The number of hydrogen-bond donors (Lipinski definition) is 1. The first kappa shape index (κ1) is 13.4. The van der Waals surface area contributed by atoms with Crippen molar-refractivity contribution in [3.8, 4) is 22.5 Å². The van der Waals surface area contributed by atoms with Crippen LogP contribution < -0.4 is 5.73 Å². The molecule has 0 radical (unpaired) electrons. The smallest absolute Gasteiger partial charge is 0.142 e. The van der Waals surface area contributed by atoms with E-state index in [1.807, 2.05) is 54.7 Å². The maximum Gasteiger partial charge on any atom is 0.142 e. The Hall–Kier alpha value is -3.27. The van der Waals surface area contributed by atoms with Gasteiger partial charge in [-0.2, -0.15) is 0 Å². The first-order valence-corrected chi connectivity index (χ1v) is 7.33. The average Bonchev–Trinajstić information content (AvgIpc) is 2.62. The Morgan fingerprint density at radius 1 is 0.739 bits per heavy atom. The number of hydrogen-bond acceptors (Lipinski definition) is 4. The van der Waals surface area contributed by atoms with E-state index in [9.17, 15) is 0 Å². The van der Waals surface area contributed by atoms with E-state index in [-0.39, 0.29) is 0 Å². The molecule has 0 spiro atoms. The molecule has 0 amide bonds. The highest BCUT2D eigenvalue weighted by Crippen LogP contribution is 2.30. The summed E-state index contributed by atoms with van der Waals surface area (Å²) in [5, 5.41) is 2.22. The molecule has 110 valence electrons. The van der Waals surface area contributed by atoms with E-state index in [1.54, 1.807) is 12.4 Å². The van der Waals surface area contributed by atoms with Gasteiger partial charge in [0.15, 0.2) is 0 Å². The van der Waals surface area contributed by atoms with Crippen molar-refractivity contribution in [1.82, 2.24) is 15.0 Å². The van der Waals surface area contributed by atoms with Crippen molar-refractivity contribution >= 4 is 16.6 Å². The Morgan fingerprint density at radius 2 is 1.61 bits per heavy atom. The van der Waals surface area contributed by atoms with E-state index in [1.165, 1.54) is 0 Å². The summed E-state index contributed by atoms with van der Waals surface area (Å²) < 4.78 is 0. The fraction of sp³-hybridized carbons (Fsp3) is 0. The molecule has 4 heteroatoms. The van der Waals surface area contributed by atoms with Gasteiger partial charge in [-0.05, 0) is 17.5 Å². The summed E-state index contributed by atoms with van der Waals surface area (Å²) >= 11 is 0. The summed E-state index contributed by atoms with van der Waals surface area (Å²) in [4.78, 5) is 13.2. The molecular formula is C19H14N4. The molecule has 0 bridgehead atoms. The Balaban J connectivity index is 1.94. The second kappa shape index (κ2) is 5.50. The highest BCUT2D eigenvalue weighted by Gasteiger charge is 2.11. The third kappa shape index (κ3) is 2.51. The van der Waals surface area contributed by atoms with Gasteiger partial charge in [0.1, 0.15) is 5.82 Å². The standard InChI is InChI=1S/C19H14N4/c20-17-12-22-18(19(23-17)13-4-2-1-3-5-13)15-6-7-16-11-21-9-8-14(16)10-15/h1-12H,(H2,20,23). The van der Waals surface area contributed by atoms with Gasteiger partial charge in [-0.1, -0.05) is 42.5 Å². The van der Waals surface area contributed by atoms with Crippen LogP contribution in [0.5, 0.6) is 0 Å². The quantitative estimate of drug-likeness (QED) is 0.608. The molecule has 4 nitrogen and oxygen atoms in total. The molecule has 2 heterocycles. The number of nitrogens with two attached hydrogens (primary N) is 1. The van der Waals surface area contributed by atoms with Crippen LogP contribution in [-0.2, 0) is 0 Å². The van der Waals surface area contributed by atoms with Crippen LogP contribution in [-0.4, -0.2) is 15.0 Å². The lowest BCUT2D eigenvalue weighted by molar-refractivity contribution is 1.22. The zero-order valence-electron chi connectivity index (χ0n) is 12.3. The Labute approximate surface area is 133 Å². The van der Waals surface area contributed by atoms with Crippen molar-refractivity contribution < 1.29 is 0 Å². The summed E-state index contributed by atoms with van der Waals surface area (Å²) in [6.07, 6.45) is 5.24. The number of pyridine rings is 1. The predicted molar refractivity (Wildman–Crippen MR) is 92.6 cm³/mol. The van der Waals surface area contributed by atoms with E-state index >= 15 is 0 Å². The van der Waals surface area contributed by atoms with Gasteiger partial charge in [0.2, 0.25) is 0 Å². The molecule has 2 aromatic heterocycles. The molecule has 0 unspecified atom stereocenters. The molecule has 0 aliphatic rings. The van der Waals surface area contributed by atoms with Crippen LogP contribution in [0.1, 0.15) is 0 Å². The van der Waals surface area contributed by atoms with Crippen molar-refractivity contribution in [2.45, 2.75) is 0 Å². The number of benzene rings is 2. The van der Waals surface area contributed by atoms with Gasteiger partial charge in [0.05, 0.1) is 17.6 Å². The summed E-state index contributed by atoms with van der Waals surface area (Å²) in [6, 6.07) is 18.1. The molecule has 4 aromatic rings. The zero-order valence-corrected chi connectivity index (χ0v) is 12.3. The Bertz CT molecular complexity index is 981. The van der Waals surface area contributed by atoms with Crippen LogP contribution in [0.25, 0.3) is 33.3 Å². The van der Waals surface area contributed by atoms with Crippen molar-refractivity contribution in [3.63, 3.8) is 0 Å². The largest absolute Gasteiger partial charge is 0.382 e. The third-order valence-electron chi connectivity index (χ3n) is 3.75. The van der Waals surface area contributed by atoms with Crippen LogP contribution in [0.15, 0.2) is 73.2 Å². The first-order valence-electron chi connectivity index (χ1n) is 7.33. The van der Waals surface area contributed by atoms with Gasteiger partial charge in [-0.3, -0.25) is 9.97 Å². The van der Waals surface area contributed by atoms with E-state index in [0.29, 0.717) is 5.82 Å². The SMILES string of the molecule is Nc1cnc(-c2ccc3cnccc3c2)c(-c2ccccc2)n1. The molecular weight excluding hydrogens is 284 g/mol. The summed E-state index contributed by atoms with van der Waals surface area (Å²) in [6.45, 7) is 0. The lowest BCUT2D eigenvalue weighted by atomic mass is 10.0. The highest BCUT2D eigenvalue weighted by molar-refractivity contribution is 5.88. The van der Waals surface area contributed by atoms with Gasteiger partial charge in [0, 0.05) is 28.9 Å². The lowest BCUT2D eigenvalue weighted by Gasteiger charge is -2.10. The third-order valence-corrected chi connectivity index (χ3v) is 3.75. The minimum absolute atomic E-state index is 0.414. The second-order valence-corrected chi connectivity index (χ2v) is 5.30. The second-order valence-electron chi connectivity index (χ2n) is 5.30. The van der Waals surface area contributed by atoms with Crippen molar-refractivity contribution in [1.29, 1.82) is 0 Å². The topological polar surface area (TPSA) is 64.7 Å². The van der Waals surface area contributed by atoms with Crippen LogP contribution in [0.3, 0.4) is 0 Å². The van der Waals surface area contributed by atoms with Gasteiger partial charge >= 0.3 is 0 Å². The average molecular weight is 298 g/mol. The molecule has 0 saturated carbocycles. The Kier molecular flexibility index (Phi) is 3.20. The molecule has 0 fully saturated rings. The van der Waals surface area contributed by atoms with Gasteiger partial charge in [-0.25, -0.2) is 4.98 Å². The highest BCUT2D eigenvalue weighted by atomic mass is 14.9. The minimum atomic E-state index is 0.414. The minimum Gasteiger partial charge on any atom is -0.382 e. The number of fused-ring (bicyclic) bond motifs is 1. The molecule has 23 heavy (non-hydrogen) atoms. The van der Waals surface area contributed by atoms with Gasteiger partial charge < -0.3 is 5.73 Å². The molecule has 2 N–H and O–H groups in total. The summed E-state index contributed by atoms with van der Waals surface area (Å²) in [5.41, 5.74) is 9.47. The maximum absolute atomic E-state index is 5.85. The van der Waals surface area contributed by atoms with Crippen LogP contribution >= 0.6 is 0 Å². The van der Waals surface area contributed by atoms with E-state index < -0.39 is 0 Å². The number of aromatic nitrogens is 3. The normalized spacial score (nSPS) is 10.8. The molecule has 0 aliphatic carbocycles. The van der Waals surface area contributed by atoms with Gasteiger partial charge in [0.25, 0.3) is 0 Å². The lowest BCUT2D eigenvalue weighted by Crippen LogP contribution is -1.98. The van der Waals surface area contributed by atoms with E-state index in [0.717, 1.165) is 33.3 Å². The number of nitrogen functional groups attached to an aromatic ring is 1. The van der Waals surface area contributed by atoms with Gasteiger partial charge in [-0.15, -0.1) is 0 Å². The van der Waals surface area contributed by atoms with Crippen molar-refractivity contribution in [2.24, 2.45) is 0 Å². The fourth-order valence-electron chi connectivity index (χ4n) is 2.64. The zero-order chi connectivity index (χ0) is 15.6. The molecule has 0 atom stereocenters. The molecule has 0 aliphatic heterocycles. The Morgan fingerprint density at radius 3 is 2.48 bits per heavy atom. The molecule has 4 rings (SSSR count). The van der Waals surface area contributed by atoms with Crippen LogP contribution in [0, 0.1) is 0 Å². The van der Waals surface area contributed by atoms with Crippen LogP contribution in [0.4, 0.5) is 5.82 Å². The molecule has 2 aromatic carbocycles.